The minimum Gasteiger partial charge on any atom is -0.464 e. The average molecular weight is 287 g/mol. The van der Waals surface area contributed by atoms with Gasteiger partial charge in [0.1, 0.15) is 6.04 Å². The van der Waals surface area contributed by atoms with Gasteiger partial charge in [-0.3, -0.25) is 4.79 Å². The third kappa shape index (κ3) is 5.43. The molecule has 19 heavy (non-hydrogen) atoms. The summed E-state index contributed by atoms with van der Waals surface area (Å²) in [7, 11) is 0. The van der Waals surface area contributed by atoms with Crippen molar-refractivity contribution >= 4 is 23.6 Å². The van der Waals surface area contributed by atoms with Crippen LogP contribution in [0.25, 0.3) is 0 Å². The van der Waals surface area contributed by atoms with Crippen molar-refractivity contribution in [3.8, 4) is 0 Å². The number of hydrogen-bond donors (Lipinski definition) is 0. The molecule has 0 N–H and O–H groups in total. The van der Waals surface area contributed by atoms with Crippen molar-refractivity contribution in [3.63, 3.8) is 0 Å². The first-order chi connectivity index (χ1) is 9.20. The molecule has 1 fully saturated rings. The van der Waals surface area contributed by atoms with Gasteiger partial charge >= 0.3 is 5.97 Å². The number of ether oxygens (including phenoxy) is 1. The van der Waals surface area contributed by atoms with E-state index >= 15 is 0 Å². The number of hydrogen-bond acceptors (Lipinski definition) is 4. The molecule has 1 amide bonds. The highest BCUT2D eigenvalue weighted by molar-refractivity contribution is 7.99. The van der Waals surface area contributed by atoms with Crippen LogP contribution in [0.15, 0.2) is 0 Å². The lowest BCUT2D eigenvalue weighted by Gasteiger charge is -2.34. The first kappa shape index (κ1) is 16.3. The Morgan fingerprint density at radius 3 is 2.79 bits per heavy atom. The molecule has 0 radical (unpaired) electrons. The minimum atomic E-state index is -0.354. The molecule has 0 aromatic rings. The lowest BCUT2D eigenvalue weighted by Crippen LogP contribution is -2.49. The van der Waals surface area contributed by atoms with E-state index in [0.29, 0.717) is 18.9 Å². The Hall–Kier alpha value is -0.710. The van der Waals surface area contributed by atoms with Gasteiger partial charge in [-0.05, 0) is 38.4 Å². The molecule has 1 unspecified atom stereocenters. The summed E-state index contributed by atoms with van der Waals surface area (Å²) in [5.74, 6) is 1.34. The lowest BCUT2D eigenvalue weighted by atomic mass is 10.0. The van der Waals surface area contributed by atoms with Gasteiger partial charge in [0.2, 0.25) is 5.91 Å². The predicted octanol–water partition coefficient (Wildman–Crippen LogP) is 2.46. The van der Waals surface area contributed by atoms with E-state index in [1.165, 1.54) is 0 Å². The number of piperidine rings is 1. The van der Waals surface area contributed by atoms with Gasteiger partial charge in [-0.2, -0.15) is 11.8 Å². The molecule has 0 aliphatic carbocycles. The Labute approximate surface area is 120 Å². The fraction of sp³-hybridized carbons (Fsp3) is 0.857. The summed E-state index contributed by atoms with van der Waals surface area (Å²) in [5.41, 5.74) is 0. The van der Waals surface area contributed by atoms with Crippen molar-refractivity contribution in [2.24, 2.45) is 0 Å². The Balaban J connectivity index is 2.46. The van der Waals surface area contributed by atoms with Gasteiger partial charge in [-0.15, -0.1) is 0 Å². The second-order valence-electron chi connectivity index (χ2n) is 4.76. The van der Waals surface area contributed by atoms with Crippen molar-refractivity contribution in [3.05, 3.63) is 0 Å². The summed E-state index contributed by atoms with van der Waals surface area (Å²) in [4.78, 5) is 25.8. The van der Waals surface area contributed by atoms with Gasteiger partial charge in [0.15, 0.2) is 0 Å². The minimum absolute atomic E-state index is 0.0823. The number of unbranched alkanes of at least 4 members (excludes halogenated alkanes) is 1. The standard InChI is InChI=1S/C14H25NO3S/c1-3-5-10-19-11-13(16)15-9-7-6-8-12(15)14(17)18-4-2/h12H,3-11H2,1-2H3. The van der Waals surface area contributed by atoms with Gasteiger partial charge in [-0.25, -0.2) is 4.79 Å². The van der Waals surface area contributed by atoms with E-state index in [0.717, 1.165) is 37.9 Å². The molecule has 1 atom stereocenters. The summed E-state index contributed by atoms with van der Waals surface area (Å²) in [6.07, 6.45) is 5.01. The van der Waals surface area contributed by atoms with Crippen molar-refractivity contribution < 1.29 is 14.3 Å². The molecule has 1 rings (SSSR count). The van der Waals surface area contributed by atoms with Gasteiger partial charge in [0.25, 0.3) is 0 Å². The zero-order chi connectivity index (χ0) is 14.1. The Bertz CT molecular complexity index is 296. The van der Waals surface area contributed by atoms with Crippen LogP contribution >= 0.6 is 11.8 Å². The van der Waals surface area contributed by atoms with Crippen LogP contribution in [0, 0.1) is 0 Å². The fourth-order valence-electron chi connectivity index (χ4n) is 2.20. The summed E-state index contributed by atoms with van der Waals surface area (Å²) in [5, 5.41) is 0. The number of carbonyl (C=O) groups excluding carboxylic acids is 2. The second-order valence-corrected chi connectivity index (χ2v) is 5.86. The van der Waals surface area contributed by atoms with Gasteiger partial charge in [-0.1, -0.05) is 13.3 Å². The van der Waals surface area contributed by atoms with E-state index in [1.54, 1.807) is 23.6 Å². The maximum Gasteiger partial charge on any atom is 0.328 e. The Morgan fingerprint density at radius 1 is 1.32 bits per heavy atom. The third-order valence-corrected chi connectivity index (χ3v) is 4.28. The van der Waals surface area contributed by atoms with Crippen molar-refractivity contribution in [2.75, 3.05) is 24.7 Å². The average Bonchev–Trinajstić information content (AvgIpc) is 2.43. The van der Waals surface area contributed by atoms with Crippen LogP contribution in [0.3, 0.4) is 0 Å². The van der Waals surface area contributed by atoms with Crippen LogP contribution in [0.4, 0.5) is 0 Å². The summed E-state index contributed by atoms with van der Waals surface area (Å²) < 4.78 is 5.07. The topological polar surface area (TPSA) is 46.6 Å². The smallest absolute Gasteiger partial charge is 0.328 e. The van der Waals surface area contributed by atoms with E-state index in [1.807, 2.05) is 0 Å². The van der Waals surface area contributed by atoms with E-state index in [-0.39, 0.29) is 17.9 Å². The van der Waals surface area contributed by atoms with Gasteiger partial charge < -0.3 is 9.64 Å². The van der Waals surface area contributed by atoms with Crippen LogP contribution in [0.2, 0.25) is 0 Å². The number of carbonyl (C=O) groups is 2. The molecule has 4 nitrogen and oxygen atoms in total. The third-order valence-electron chi connectivity index (χ3n) is 3.25. The number of amides is 1. The maximum absolute atomic E-state index is 12.2. The largest absolute Gasteiger partial charge is 0.464 e. The number of nitrogens with zero attached hydrogens (tertiary/aromatic N) is 1. The zero-order valence-electron chi connectivity index (χ0n) is 12.0. The normalized spacial score (nSPS) is 19.3. The maximum atomic E-state index is 12.2. The van der Waals surface area contributed by atoms with Crippen molar-refractivity contribution in [2.45, 2.75) is 52.0 Å². The number of likely N-dealkylation sites (tertiary alicyclic amines) is 1. The predicted molar refractivity (Wildman–Crippen MR) is 78.2 cm³/mol. The fourth-order valence-corrected chi connectivity index (χ4v) is 3.18. The highest BCUT2D eigenvalue weighted by Gasteiger charge is 2.32. The molecule has 5 heteroatoms. The molecule has 1 saturated heterocycles. The monoisotopic (exact) mass is 287 g/mol. The Morgan fingerprint density at radius 2 is 2.11 bits per heavy atom. The summed E-state index contributed by atoms with van der Waals surface area (Å²) in [6, 6.07) is -0.354. The molecule has 0 aromatic carbocycles. The molecule has 1 aliphatic heterocycles. The molecule has 1 aliphatic rings. The molecule has 1 heterocycles. The van der Waals surface area contributed by atoms with Crippen LogP contribution in [0.5, 0.6) is 0 Å². The quantitative estimate of drug-likeness (QED) is 0.533. The van der Waals surface area contributed by atoms with E-state index in [2.05, 4.69) is 6.92 Å². The molecule has 0 bridgehead atoms. The number of esters is 1. The van der Waals surface area contributed by atoms with E-state index in [9.17, 15) is 9.59 Å². The van der Waals surface area contributed by atoms with Crippen LogP contribution in [0.1, 0.15) is 46.0 Å². The number of rotatable bonds is 7. The molecule has 110 valence electrons. The van der Waals surface area contributed by atoms with E-state index in [4.69, 9.17) is 4.74 Å². The highest BCUT2D eigenvalue weighted by atomic mass is 32.2. The Kier molecular flexibility index (Phi) is 7.94. The van der Waals surface area contributed by atoms with Crippen molar-refractivity contribution in [1.29, 1.82) is 0 Å². The van der Waals surface area contributed by atoms with Crippen LogP contribution < -0.4 is 0 Å². The molecule has 0 saturated carbocycles. The summed E-state index contributed by atoms with van der Waals surface area (Å²) >= 11 is 1.66. The molecular weight excluding hydrogens is 262 g/mol. The first-order valence-corrected chi connectivity index (χ1v) is 8.40. The van der Waals surface area contributed by atoms with Gasteiger partial charge in [0.05, 0.1) is 12.4 Å². The molecule has 0 aromatic heterocycles. The summed E-state index contributed by atoms with van der Waals surface area (Å²) in [6.45, 7) is 5.01. The first-order valence-electron chi connectivity index (χ1n) is 7.24. The zero-order valence-corrected chi connectivity index (χ0v) is 12.8. The highest BCUT2D eigenvalue weighted by Crippen LogP contribution is 2.20. The van der Waals surface area contributed by atoms with Crippen LogP contribution in [-0.2, 0) is 14.3 Å². The number of thioether (sulfide) groups is 1. The SMILES string of the molecule is CCCCSCC(=O)N1CCCCC1C(=O)OCC. The lowest BCUT2D eigenvalue weighted by molar-refractivity contribution is -0.155. The molecular formula is C14H25NO3S. The second kappa shape index (κ2) is 9.23. The van der Waals surface area contributed by atoms with E-state index < -0.39 is 0 Å². The van der Waals surface area contributed by atoms with Crippen molar-refractivity contribution in [1.82, 2.24) is 4.90 Å². The van der Waals surface area contributed by atoms with Crippen LogP contribution in [-0.4, -0.2) is 47.5 Å². The van der Waals surface area contributed by atoms with Gasteiger partial charge in [0, 0.05) is 6.54 Å². The molecule has 0 spiro atoms.